The minimum absolute atomic E-state index is 0.128. The zero-order valence-electron chi connectivity index (χ0n) is 13.7. The largest absolute Gasteiger partial charge is 0.453 e. The molecule has 0 unspecified atom stereocenters. The van der Waals surface area contributed by atoms with E-state index in [1.807, 2.05) is 30.3 Å². The molecule has 0 bridgehead atoms. The average Bonchev–Trinajstić information content (AvgIpc) is 3.11. The Bertz CT molecular complexity index is 737. The molecule has 2 heterocycles. The standard InChI is InChI=1S/C19H20N2O3/c1-23-13-16-7-8-17(24-16)18(22)21-11-9-19(14-20,10-12-21)15-5-3-2-4-6-15/h2-8H,9-13H2,1H3. The van der Waals surface area contributed by atoms with Crippen LogP contribution in [0.25, 0.3) is 0 Å². The van der Waals surface area contributed by atoms with Crippen LogP contribution in [0.4, 0.5) is 0 Å². The average molecular weight is 324 g/mol. The number of rotatable bonds is 4. The molecule has 1 amide bonds. The number of piperidine rings is 1. The number of ether oxygens (including phenoxy) is 1. The predicted molar refractivity (Wildman–Crippen MR) is 88.3 cm³/mol. The summed E-state index contributed by atoms with van der Waals surface area (Å²) in [6, 6.07) is 15.7. The molecule has 0 spiro atoms. The molecule has 0 aliphatic carbocycles. The lowest BCUT2D eigenvalue weighted by atomic mass is 9.74. The van der Waals surface area contributed by atoms with Crippen molar-refractivity contribution in [2.24, 2.45) is 0 Å². The van der Waals surface area contributed by atoms with Gasteiger partial charge in [-0.3, -0.25) is 4.79 Å². The lowest BCUT2D eigenvalue weighted by molar-refractivity contribution is 0.0652. The fraction of sp³-hybridized carbons (Fsp3) is 0.368. The van der Waals surface area contributed by atoms with Gasteiger partial charge in [0.2, 0.25) is 0 Å². The van der Waals surface area contributed by atoms with Gasteiger partial charge in [0.25, 0.3) is 5.91 Å². The summed E-state index contributed by atoms with van der Waals surface area (Å²) in [5, 5.41) is 9.71. The molecule has 1 saturated heterocycles. The maximum atomic E-state index is 12.6. The molecular formula is C19H20N2O3. The Hall–Kier alpha value is -2.58. The van der Waals surface area contributed by atoms with E-state index >= 15 is 0 Å². The van der Waals surface area contributed by atoms with E-state index in [1.165, 1.54) is 0 Å². The van der Waals surface area contributed by atoms with Crippen molar-refractivity contribution >= 4 is 5.91 Å². The molecule has 5 heteroatoms. The minimum Gasteiger partial charge on any atom is -0.453 e. The summed E-state index contributed by atoms with van der Waals surface area (Å²) in [6.07, 6.45) is 1.26. The van der Waals surface area contributed by atoms with Gasteiger partial charge in [0.15, 0.2) is 5.76 Å². The molecule has 24 heavy (non-hydrogen) atoms. The van der Waals surface area contributed by atoms with E-state index < -0.39 is 5.41 Å². The van der Waals surface area contributed by atoms with Crippen LogP contribution in [0.2, 0.25) is 0 Å². The summed E-state index contributed by atoms with van der Waals surface area (Å²) in [7, 11) is 1.58. The van der Waals surface area contributed by atoms with E-state index in [2.05, 4.69) is 6.07 Å². The van der Waals surface area contributed by atoms with Gasteiger partial charge in [-0.15, -0.1) is 0 Å². The molecule has 2 aromatic rings. The quantitative estimate of drug-likeness (QED) is 0.866. The Balaban J connectivity index is 1.70. The zero-order valence-corrected chi connectivity index (χ0v) is 13.7. The molecule has 124 valence electrons. The van der Waals surface area contributed by atoms with Crippen molar-refractivity contribution in [2.75, 3.05) is 20.2 Å². The predicted octanol–water partition coefficient (Wildman–Crippen LogP) is 3.12. The van der Waals surface area contributed by atoms with Gasteiger partial charge in [-0.05, 0) is 30.5 Å². The third kappa shape index (κ3) is 3.06. The van der Waals surface area contributed by atoms with Crippen molar-refractivity contribution in [3.63, 3.8) is 0 Å². The first kappa shape index (κ1) is 16.3. The van der Waals surface area contributed by atoms with Gasteiger partial charge in [-0.2, -0.15) is 5.26 Å². The van der Waals surface area contributed by atoms with Crippen LogP contribution in [-0.2, 0) is 16.8 Å². The first-order valence-corrected chi connectivity index (χ1v) is 8.02. The number of carbonyl (C=O) groups is 1. The smallest absolute Gasteiger partial charge is 0.289 e. The first-order valence-electron chi connectivity index (χ1n) is 8.02. The molecule has 0 N–H and O–H groups in total. The van der Waals surface area contributed by atoms with Crippen LogP contribution in [0.15, 0.2) is 46.9 Å². The summed E-state index contributed by atoms with van der Waals surface area (Å²) in [6.45, 7) is 1.43. The highest BCUT2D eigenvalue weighted by Crippen LogP contribution is 2.35. The highest BCUT2D eigenvalue weighted by Gasteiger charge is 2.38. The van der Waals surface area contributed by atoms with E-state index in [-0.39, 0.29) is 5.91 Å². The molecule has 1 aromatic heterocycles. The Kier molecular flexibility index (Phi) is 4.68. The van der Waals surface area contributed by atoms with Gasteiger partial charge in [0.05, 0.1) is 11.5 Å². The van der Waals surface area contributed by atoms with Crippen molar-refractivity contribution in [1.29, 1.82) is 5.26 Å². The number of nitriles is 1. The summed E-state index contributed by atoms with van der Waals surface area (Å²) < 4.78 is 10.5. The van der Waals surface area contributed by atoms with E-state index in [9.17, 15) is 10.1 Å². The molecule has 0 atom stereocenters. The number of benzene rings is 1. The lowest BCUT2D eigenvalue weighted by Gasteiger charge is -2.37. The van der Waals surface area contributed by atoms with Crippen molar-refractivity contribution in [1.82, 2.24) is 4.90 Å². The molecule has 1 aliphatic rings. The molecule has 0 radical (unpaired) electrons. The van der Waals surface area contributed by atoms with Crippen LogP contribution in [0.3, 0.4) is 0 Å². The van der Waals surface area contributed by atoms with Crippen LogP contribution in [0.5, 0.6) is 0 Å². The fourth-order valence-electron chi connectivity index (χ4n) is 3.18. The van der Waals surface area contributed by atoms with Gasteiger partial charge in [0, 0.05) is 20.2 Å². The Morgan fingerprint density at radius 2 is 1.96 bits per heavy atom. The van der Waals surface area contributed by atoms with Crippen molar-refractivity contribution in [3.05, 3.63) is 59.5 Å². The van der Waals surface area contributed by atoms with Crippen molar-refractivity contribution in [3.8, 4) is 6.07 Å². The topological polar surface area (TPSA) is 66.5 Å². The summed E-state index contributed by atoms with van der Waals surface area (Å²) in [4.78, 5) is 14.3. The number of nitrogens with zero attached hydrogens (tertiary/aromatic N) is 2. The number of amides is 1. The van der Waals surface area contributed by atoms with Gasteiger partial charge in [-0.1, -0.05) is 30.3 Å². The van der Waals surface area contributed by atoms with Crippen LogP contribution >= 0.6 is 0 Å². The number of methoxy groups -OCH3 is 1. The van der Waals surface area contributed by atoms with E-state index in [1.54, 1.807) is 24.1 Å². The van der Waals surface area contributed by atoms with Gasteiger partial charge >= 0.3 is 0 Å². The molecule has 0 saturated carbocycles. The Labute approximate surface area is 141 Å². The van der Waals surface area contributed by atoms with Gasteiger partial charge in [-0.25, -0.2) is 0 Å². The normalized spacial score (nSPS) is 16.6. The number of carbonyl (C=O) groups excluding carboxylic acids is 1. The molecule has 1 fully saturated rings. The third-order valence-electron chi connectivity index (χ3n) is 4.60. The SMILES string of the molecule is COCc1ccc(C(=O)N2CCC(C#N)(c3ccccc3)CC2)o1. The van der Waals surface area contributed by atoms with Crippen LogP contribution in [0, 0.1) is 11.3 Å². The molecular weight excluding hydrogens is 304 g/mol. The number of hydrogen-bond acceptors (Lipinski definition) is 4. The van der Waals surface area contributed by atoms with Crippen LogP contribution < -0.4 is 0 Å². The van der Waals surface area contributed by atoms with E-state index in [0.717, 1.165) is 5.56 Å². The van der Waals surface area contributed by atoms with Gasteiger partial charge < -0.3 is 14.1 Å². The Morgan fingerprint density at radius 1 is 1.25 bits per heavy atom. The van der Waals surface area contributed by atoms with E-state index in [0.29, 0.717) is 44.1 Å². The highest BCUT2D eigenvalue weighted by atomic mass is 16.5. The molecule has 1 aromatic carbocycles. The summed E-state index contributed by atoms with van der Waals surface area (Å²) >= 11 is 0. The second-order valence-electron chi connectivity index (χ2n) is 6.05. The second kappa shape index (κ2) is 6.90. The molecule has 3 rings (SSSR count). The highest BCUT2D eigenvalue weighted by molar-refractivity contribution is 5.91. The van der Waals surface area contributed by atoms with Gasteiger partial charge in [0.1, 0.15) is 12.4 Å². The lowest BCUT2D eigenvalue weighted by Crippen LogP contribution is -2.44. The Morgan fingerprint density at radius 3 is 2.58 bits per heavy atom. The maximum absolute atomic E-state index is 12.6. The zero-order chi connectivity index (χ0) is 17.0. The summed E-state index contributed by atoms with van der Waals surface area (Å²) in [5.41, 5.74) is 0.516. The first-order chi connectivity index (χ1) is 11.7. The molecule has 1 aliphatic heterocycles. The monoisotopic (exact) mass is 324 g/mol. The number of likely N-dealkylation sites (tertiary alicyclic amines) is 1. The number of hydrogen-bond donors (Lipinski definition) is 0. The summed E-state index contributed by atoms with van der Waals surface area (Å²) in [5.74, 6) is 0.830. The van der Waals surface area contributed by atoms with Crippen LogP contribution in [0.1, 0.15) is 34.7 Å². The fourth-order valence-corrected chi connectivity index (χ4v) is 3.18. The third-order valence-corrected chi connectivity index (χ3v) is 4.60. The van der Waals surface area contributed by atoms with Crippen molar-refractivity contribution in [2.45, 2.75) is 24.9 Å². The molecule has 5 nitrogen and oxygen atoms in total. The van der Waals surface area contributed by atoms with Crippen molar-refractivity contribution < 1.29 is 13.9 Å². The van der Waals surface area contributed by atoms with Crippen LogP contribution in [-0.4, -0.2) is 31.0 Å². The van der Waals surface area contributed by atoms with E-state index in [4.69, 9.17) is 9.15 Å². The minimum atomic E-state index is -0.511. The maximum Gasteiger partial charge on any atom is 0.289 e. The second-order valence-corrected chi connectivity index (χ2v) is 6.05. The number of furan rings is 1.